The van der Waals surface area contributed by atoms with Gasteiger partial charge < -0.3 is 20.3 Å². The van der Waals surface area contributed by atoms with E-state index in [4.69, 9.17) is 0 Å². The first-order chi connectivity index (χ1) is 13.9. The number of benzene rings is 2. The van der Waals surface area contributed by atoms with Crippen molar-refractivity contribution >= 4 is 24.7 Å². The number of urea groups is 1. The average Bonchev–Trinajstić information content (AvgIpc) is 3.08. The summed E-state index contributed by atoms with van der Waals surface area (Å²) in [5.74, 6) is -1.12. The molecule has 0 unspecified atom stereocenters. The third kappa shape index (κ3) is 5.59. The molecule has 2 aromatic carbocycles. The quantitative estimate of drug-likeness (QED) is 0.589. The molecule has 1 atom stereocenters. The van der Waals surface area contributed by atoms with Crippen LogP contribution < -0.4 is 10.2 Å². The molecule has 8 heteroatoms. The number of nitrogens with zero attached hydrogens (tertiary/aromatic N) is 2. The number of carbonyl (C=O) groups excluding carboxylic acids is 2. The molecule has 1 saturated heterocycles. The summed E-state index contributed by atoms with van der Waals surface area (Å²) in [6, 6.07) is 17.0. The lowest BCUT2D eigenvalue weighted by atomic mass is 9.76. The third-order valence-electron chi connectivity index (χ3n) is 5.05. The Labute approximate surface area is 171 Å². The van der Waals surface area contributed by atoms with Crippen LogP contribution in [0, 0.1) is 6.92 Å². The van der Waals surface area contributed by atoms with Gasteiger partial charge in [-0.2, -0.15) is 0 Å². The Hall–Kier alpha value is -2.84. The Morgan fingerprint density at radius 2 is 1.79 bits per heavy atom. The van der Waals surface area contributed by atoms with Crippen molar-refractivity contribution in [2.24, 2.45) is 0 Å². The first kappa shape index (κ1) is 20.9. The zero-order chi connectivity index (χ0) is 20.8. The van der Waals surface area contributed by atoms with Crippen molar-refractivity contribution < 1.29 is 19.6 Å². The topological polar surface area (TPSA) is 93.1 Å². The minimum Gasteiger partial charge on any atom is -0.426 e. The molecule has 7 nitrogen and oxygen atoms in total. The minimum atomic E-state index is -1.66. The number of hydrogen-bond donors (Lipinski definition) is 3. The van der Waals surface area contributed by atoms with Gasteiger partial charge in [-0.1, -0.05) is 48.0 Å². The highest BCUT2D eigenvalue weighted by molar-refractivity contribution is 6.43. The first-order valence-corrected chi connectivity index (χ1v) is 9.76. The van der Waals surface area contributed by atoms with Gasteiger partial charge in [0.1, 0.15) is 0 Å². The Balaban J connectivity index is 1.50. The van der Waals surface area contributed by atoms with Crippen LogP contribution in [0.3, 0.4) is 0 Å². The summed E-state index contributed by atoms with van der Waals surface area (Å²) in [6.07, 6.45) is 0.416. The van der Waals surface area contributed by atoms with E-state index in [0.29, 0.717) is 19.5 Å². The zero-order valence-electron chi connectivity index (χ0n) is 16.5. The SMILES string of the molecule is Cc1ccc(C[C@H](NC(=O)CCN2CCN(c3ccccc3)C2=O)B(O)O)cc1. The first-order valence-electron chi connectivity index (χ1n) is 9.76. The summed E-state index contributed by atoms with van der Waals surface area (Å²) in [7, 11) is -1.66. The number of anilines is 1. The second-order valence-electron chi connectivity index (χ2n) is 7.28. The van der Waals surface area contributed by atoms with Crippen LogP contribution in [0.2, 0.25) is 0 Å². The molecule has 0 aliphatic carbocycles. The number of nitrogens with one attached hydrogen (secondary N) is 1. The zero-order valence-corrected chi connectivity index (χ0v) is 16.5. The molecule has 0 radical (unpaired) electrons. The Kier molecular flexibility index (Phi) is 6.90. The van der Waals surface area contributed by atoms with Crippen LogP contribution >= 0.6 is 0 Å². The van der Waals surface area contributed by atoms with Crippen molar-refractivity contribution in [1.29, 1.82) is 0 Å². The largest absolute Gasteiger partial charge is 0.475 e. The lowest BCUT2D eigenvalue weighted by Crippen LogP contribution is -2.48. The van der Waals surface area contributed by atoms with Crippen molar-refractivity contribution in [3.63, 3.8) is 0 Å². The van der Waals surface area contributed by atoms with Crippen LogP contribution in [-0.4, -0.2) is 59.6 Å². The van der Waals surface area contributed by atoms with E-state index in [9.17, 15) is 19.6 Å². The number of hydrogen-bond acceptors (Lipinski definition) is 4. The van der Waals surface area contributed by atoms with E-state index in [1.165, 1.54) is 0 Å². The van der Waals surface area contributed by atoms with Gasteiger partial charge in [-0.15, -0.1) is 0 Å². The molecular formula is C21H26BN3O4. The molecule has 1 aliphatic rings. The molecule has 29 heavy (non-hydrogen) atoms. The van der Waals surface area contributed by atoms with Crippen LogP contribution in [0.5, 0.6) is 0 Å². The standard InChI is InChI=1S/C21H26BN3O4/c1-16-7-9-17(10-8-16)15-19(22(28)29)23-20(26)11-12-24-13-14-25(21(24)27)18-5-3-2-4-6-18/h2-10,19,28-29H,11-15H2,1H3,(H,23,26)/t19-/m0/s1. The van der Waals surface area contributed by atoms with Crippen molar-refractivity contribution in [3.05, 3.63) is 65.7 Å². The van der Waals surface area contributed by atoms with Crippen molar-refractivity contribution in [2.45, 2.75) is 25.7 Å². The van der Waals surface area contributed by atoms with Gasteiger partial charge >= 0.3 is 13.1 Å². The molecule has 1 aliphatic heterocycles. The number of rotatable bonds is 8. The summed E-state index contributed by atoms with van der Waals surface area (Å²) in [4.78, 5) is 28.2. The highest BCUT2D eigenvalue weighted by Crippen LogP contribution is 2.19. The maximum atomic E-state index is 12.6. The van der Waals surface area contributed by atoms with E-state index in [1.807, 2.05) is 61.5 Å². The van der Waals surface area contributed by atoms with Gasteiger partial charge in [0.2, 0.25) is 5.91 Å². The van der Waals surface area contributed by atoms with Crippen LogP contribution in [0.1, 0.15) is 17.5 Å². The lowest BCUT2D eigenvalue weighted by molar-refractivity contribution is -0.121. The van der Waals surface area contributed by atoms with Crippen LogP contribution in [-0.2, 0) is 11.2 Å². The normalized spacial score (nSPS) is 14.8. The monoisotopic (exact) mass is 395 g/mol. The molecule has 0 saturated carbocycles. The van der Waals surface area contributed by atoms with Crippen LogP contribution in [0.4, 0.5) is 10.5 Å². The maximum Gasteiger partial charge on any atom is 0.475 e. The van der Waals surface area contributed by atoms with Gasteiger partial charge in [0.25, 0.3) is 0 Å². The highest BCUT2D eigenvalue weighted by atomic mass is 16.4. The maximum absolute atomic E-state index is 12.6. The molecule has 2 aromatic rings. The smallest absolute Gasteiger partial charge is 0.426 e. The summed E-state index contributed by atoms with van der Waals surface area (Å²) < 4.78 is 0. The van der Waals surface area contributed by atoms with E-state index in [2.05, 4.69) is 5.32 Å². The van der Waals surface area contributed by atoms with E-state index in [-0.39, 0.29) is 24.9 Å². The Morgan fingerprint density at radius 3 is 2.45 bits per heavy atom. The van der Waals surface area contributed by atoms with Crippen LogP contribution in [0.25, 0.3) is 0 Å². The van der Waals surface area contributed by atoms with E-state index < -0.39 is 13.1 Å². The molecule has 1 fully saturated rings. The van der Waals surface area contributed by atoms with Gasteiger partial charge in [-0.3, -0.25) is 9.69 Å². The minimum absolute atomic E-state index is 0.103. The van der Waals surface area contributed by atoms with Gasteiger partial charge in [-0.25, -0.2) is 4.79 Å². The highest BCUT2D eigenvalue weighted by Gasteiger charge is 2.30. The Morgan fingerprint density at radius 1 is 1.10 bits per heavy atom. The molecule has 0 bridgehead atoms. The summed E-state index contributed by atoms with van der Waals surface area (Å²) in [5, 5.41) is 21.9. The second-order valence-corrected chi connectivity index (χ2v) is 7.28. The molecular weight excluding hydrogens is 369 g/mol. The second kappa shape index (κ2) is 9.58. The molecule has 3 rings (SSSR count). The van der Waals surface area contributed by atoms with Crippen LogP contribution in [0.15, 0.2) is 54.6 Å². The van der Waals surface area contributed by atoms with Gasteiger partial charge in [0.05, 0.1) is 5.94 Å². The van der Waals surface area contributed by atoms with Gasteiger partial charge in [-0.05, 0) is 31.0 Å². The summed E-state index contributed by atoms with van der Waals surface area (Å²) in [5.41, 5.74) is 2.85. The third-order valence-corrected chi connectivity index (χ3v) is 5.05. The summed E-state index contributed by atoms with van der Waals surface area (Å²) >= 11 is 0. The fourth-order valence-electron chi connectivity index (χ4n) is 3.36. The van der Waals surface area contributed by atoms with Gasteiger partial charge in [0, 0.05) is 31.7 Å². The lowest BCUT2D eigenvalue weighted by Gasteiger charge is -2.20. The number of carbonyl (C=O) groups is 2. The van der Waals surface area contributed by atoms with Crippen molar-refractivity contribution in [1.82, 2.24) is 10.2 Å². The Bertz CT molecular complexity index is 830. The molecule has 0 aromatic heterocycles. The molecule has 3 amide bonds. The fraction of sp³-hybridized carbons (Fsp3) is 0.333. The van der Waals surface area contributed by atoms with E-state index in [0.717, 1.165) is 16.8 Å². The van der Waals surface area contributed by atoms with E-state index >= 15 is 0 Å². The fourth-order valence-corrected chi connectivity index (χ4v) is 3.36. The molecule has 152 valence electrons. The number of amides is 3. The van der Waals surface area contributed by atoms with Gasteiger partial charge in [0.15, 0.2) is 0 Å². The molecule has 1 heterocycles. The number of aryl methyl sites for hydroxylation is 1. The van der Waals surface area contributed by atoms with Crippen molar-refractivity contribution in [3.8, 4) is 0 Å². The molecule has 3 N–H and O–H groups in total. The molecule has 0 spiro atoms. The van der Waals surface area contributed by atoms with E-state index in [1.54, 1.807) is 9.80 Å². The average molecular weight is 395 g/mol. The number of para-hydroxylation sites is 1. The van der Waals surface area contributed by atoms with Crippen molar-refractivity contribution in [2.75, 3.05) is 24.5 Å². The predicted molar refractivity (Wildman–Crippen MR) is 112 cm³/mol. The predicted octanol–water partition coefficient (Wildman–Crippen LogP) is 1.37. The summed E-state index contributed by atoms with van der Waals surface area (Å²) in [6.45, 7) is 3.39.